The van der Waals surface area contributed by atoms with Crippen LogP contribution in [0.5, 0.6) is 6.01 Å². The third-order valence-corrected chi connectivity index (χ3v) is 11.4. The molecule has 9 rings (SSSR count). The first-order chi connectivity index (χ1) is 20.9. The van der Waals surface area contributed by atoms with E-state index < -0.39 is 11.8 Å². The summed E-state index contributed by atoms with van der Waals surface area (Å²) in [5.41, 5.74) is 10.1. The van der Waals surface area contributed by atoms with Crippen molar-refractivity contribution in [1.29, 1.82) is 5.26 Å². The van der Waals surface area contributed by atoms with Gasteiger partial charge in [0.2, 0.25) is 0 Å². The van der Waals surface area contributed by atoms with Crippen LogP contribution in [0.25, 0.3) is 0 Å². The van der Waals surface area contributed by atoms with Gasteiger partial charge >= 0.3 is 6.01 Å². The first kappa shape index (κ1) is 27.8. The average molecular weight is 609 g/mol. The molecule has 43 heavy (non-hydrogen) atoms. The van der Waals surface area contributed by atoms with Crippen molar-refractivity contribution >= 4 is 23.1 Å². The monoisotopic (exact) mass is 608 g/mol. The number of fused-ring (bicyclic) bond motifs is 2. The van der Waals surface area contributed by atoms with Gasteiger partial charge in [0.25, 0.3) is 0 Å². The number of anilines is 2. The Labute approximate surface area is 256 Å². The Kier molecular flexibility index (Phi) is 6.75. The number of rotatable bonds is 5. The molecule has 4 aliphatic heterocycles. The fourth-order valence-corrected chi connectivity index (χ4v) is 9.39. The highest BCUT2D eigenvalue weighted by Crippen LogP contribution is 2.64. The molecule has 0 radical (unpaired) electrons. The quantitative estimate of drug-likeness (QED) is 0.486. The molecule has 1 unspecified atom stereocenters. The van der Waals surface area contributed by atoms with Gasteiger partial charge in [-0.3, -0.25) is 4.90 Å². The van der Waals surface area contributed by atoms with Crippen molar-refractivity contribution in [3.8, 4) is 12.1 Å². The third kappa shape index (κ3) is 4.33. The molecule has 1 spiro atoms. The number of nitrogen functional groups attached to an aromatic ring is 1. The zero-order valence-electron chi connectivity index (χ0n) is 24.4. The first-order valence-electron chi connectivity index (χ1n) is 15.8. The molecule has 2 N–H and O–H groups in total. The van der Waals surface area contributed by atoms with E-state index in [0.717, 1.165) is 93.0 Å². The van der Waals surface area contributed by atoms with E-state index >= 15 is 0 Å². The number of halogens is 2. The Hall–Kier alpha value is -2.71. The van der Waals surface area contributed by atoms with Gasteiger partial charge in [-0.15, -0.1) is 0 Å². The number of nitriles is 1. The highest BCUT2D eigenvalue weighted by molar-refractivity contribution is 6.32. The van der Waals surface area contributed by atoms with Crippen LogP contribution in [0.3, 0.4) is 0 Å². The van der Waals surface area contributed by atoms with Gasteiger partial charge < -0.3 is 24.8 Å². The first-order valence-corrected chi connectivity index (χ1v) is 16.2. The Morgan fingerprint density at radius 1 is 1.21 bits per heavy atom. The van der Waals surface area contributed by atoms with Gasteiger partial charge in [-0.1, -0.05) is 11.6 Å². The fraction of sp³-hybridized carbons (Fsp3) is 0.656. The number of aromatic nitrogens is 2. The predicted molar refractivity (Wildman–Crippen MR) is 159 cm³/mol. The molecule has 11 heteroatoms. The lowest BCUT2D eigenvalue weighted by atomic mass is 9.53. The number of nitrogens with two attached hydrogens (primary N) is 1. The summed E-state index contributed by atoms with van der Waals surface area (Å²) in [6, 6.07) is 4.44. The number of benzene rings is 1. The van der Waals surface area contributed by atoms with Crippen molar-refractivity contribution < 1.29 is 18.6 Å². The van der Waals surface area contributed by atoms with Gasteiger partial charge in [0.05, 0.1) is 36.8 Å². The molecule has 9 nitrogen and oxygen atoms in total. The molecule has 4 fully saturated rings. The van der Waals surface area contributed by atoms with Crippen LogP contribution in [0.2, 0.25) is 5.02 Å². The molecule has 1 saturated carbocycles. The maximum absolute atomic E-state index is 14.4. The van der Waals surface area contributed by atoms with Crippen LogP contribution in [-0.4, -0.2) is 72.6 Å². The van der Waals surface area contributed by atoms with Crippen LogP contribution in [0, 0.1) is 17.2 Å². The SMILES string of the molecule is N#Cc1c(N)cc(Cl)c2c1[C@@]1(Cc3nc(OCCC45CCCN4C[C@H](F)C5)nc(N4CCCOCC4)c3CO1)C1CC2C1. The maximum atomic E-state index is 14.4. The summed E-state index contributed by atoms with van der Waals surface area (Å²) < 4.78 is 33.3. The summed E-state index contributed by atoms with van der Waals surface area (Å²) in [6.45, 7) is 5.15. The van der Waals surface area contributed by atoms with Crippen LogP contribution in [0.15, 0.2) is 6.07 Å². The molecule has 1 aromatic heterocycles. The van der Waals surface area contributed by atoms with Crippen LogP contribution in [0.4, 0.5) is 15.9 Å². The molecular weight excluding hydrogens is 571 g/mol. The molecule has 3 aliphatic carbocycles. The van der Waals surface area contributed by atoms with Crippen molar-refractivity contribution in [2.45, 2.75) is 81.2 Å². The smallest absolute Gasteiger partial charge is 0.318 e. The van der Waals surface area contributed by atoms with Crippen LogP contribution < -0.4 is 15.4 Å². The van der Waals surface area contributed by atoms with Crippen LogP contribution in [-0.2, 0) is 28.1 Å². The van der Waals surface area contributed by atoms with Crippen LogP contribution in [0.1, 0.15) is 78.8 Å². The van der Waals surface area contributed by atoms with Crippen molar-refractivity contribution in [2.24, 2.45) is 5.92 Å². The van der Waals surface area contributed by atoms with Gasteiger partial charge in [0.1, 0.15) is 23.7 Å². The van der Waals surface area contributed by atoms with Gasteiger partial charge in [0.15, 0.2) is 0 Å². The van der Waals surface area contributed by atoms with E-state index in [4.69, 9.17) is 41.5 Å². The number of hydrogen-bond acceptors (Lipinski definition) is 9. The van der Waals surface area contributed by atoms with E-state index in [1.54, 1.807) is 6.07 Å². The lowest BCUT2D eigenvalue weighted by Crippen LogP contribution is -2.53. The number of alkyl halides is 1. The second kappa shape index (κ2) is 10.4. The summed E-state index contributed by atoms with van der Waals surface area (Å²) >= 11 is 6.79. The van der Waals surface area contributed by atoms with Gasteiger partial charge in [0, 0.05) is 60.8 Å². The van der Waals surface area contributed by atoms with E-state index in [2.05, 4.69) is 15.9 Å². The number of nitrogens with zero attached hydrogens (tertiary/aromatic N) is 5. The minimum absolute atomic E-state index is 0.115. The van der Waals surface area contributed by atoms with Gasteiger partial charge in [-0.05, 0) is 68.5 Å². The highest BCUT2D eigenvalue weighted by Gasteiger charge is 2.58. The normalized spacial score (nSPS) is 32.9. The second-order valence-corrected chi connectivity index (χ2v) is 13.7. The lowest BCUT2D eigenvalue weighted by molar-refractivity contribution is -0.151. The zero-order chi connectivity index (χ0) is 29.3. The molecule has 2 aromatic rings. The molecule has 7 aliphatic rings. The minimum atomic E-state index is -0.765. The van der Waals surface area contributed by atoms with Gasteiger partial charge in [-0.25, -0.2) is 4.39 Å². The van der Waals surface area contributed by atoms with E-state index in [-0.39, 0.29) is 11.5 Å². The van der Waals surface area contributed by atoms with E-state index in [9.17, 15) is 9.65 Å². The van der Waals surface area contributed by atoms with Crippen molar-refractivity contribution in [3.05, 3.63) is 39.0 Å². The predicted octanol–water partition coefficient (Wildman–Crippen LogP) is 4.63. The molecule has 0 amide bonds. The molecule has 3 saturated heterocycles. The number of ether oxygens (including phenoxy) is 3. The molecular formula is C32H38ClFN6O3. The van der Waals surface area contributed by atoms with Crippen LogP contribution >= 0.6 is 11.6 Å². The summed E-state index contributed by atoms with van der Waals surface area (Å²) in [5.74, 6) is 1.40. The zero-order valence-corrected chi connectivity index (χ0v) is 25.2. The fourth-order valence-electron chi connectivity index (χ4n) is 9.02. The minimum Gasteiger partial charge on any atom is -0.463 e. The lowest BCUT2D eigenvalue weighted by Gasteiger charge is -2.57. The van der Waals surface area contributed by atoms with E-state index in [1.165, 1.54) is 0 Å². The number of hydrogen-bond donors (Lipinski definition) is 1. The second-order valence-electron chi connectivity index (χ2n) is 13.3. The third-order valence-electron chi connectivity index (χ3n) is 11.1. The summed E-state index contributed by atoms with van der Waals surface area (Å²) in [6.07, 6.45) is 6.03. The standard InChI is InChI=1S/C32H38ClFN6O3/c33-24-13-25(36)22(16-35)28-27(24)19-11-20(12-19)32(28)15-26-23(18-43-32)29(39-5-2-8-41-10-7-39)38-30(37-26)42-9-4-31-3-1-6-40(31)17-21(34)14-31/h13,19-21H,1-12,14-15,17-18,36H2/t19?,20?,21-,31?,32-/m1/s1. The van der Waals surface area contributed by atoms with Crippen molar-refractivity contribution in [2.75, 3.05) is 56.6 Å². The summed E-state index contributed by atoms with van der Waals surface area (Å²) in [5, 5.41) is 10.8. The molecule has 228 valence electrons. The van der Waals surface area contributed by atoms with Crippen molar-refractivity contribution in [1.82, 2.24) is 14.9 Å². The largest absolute Gasteiger partial charge is 0.463 e. The average Bonchev–Trinajstić information content (AvgIpc) is 3.33. The van der Waals surface area contributed by atoms with E-state index in [1.807, 2.05) is 0 Å². The Bertz CT molecular complexity index is 1490. The Morgan fingerprint density at radius 3 is 2.95 bits per heavy atom. The molecule has 5 heterocycles. The van der Waals surface area contributed by atoms with E-state index in [0.29, 0.717) is 67.4 Å². The summed E-state index contributed by atoms with van der Waals surface area (Å²) in [4.78, 5) is 14.6. The maximum Gasteiger partial charge on any atom is 0.318 e. The Balaban J connectivity index is 1.16. The highest BCUT2D eigenvalue weighted by atomic mass is 35.5. The topological polar surface area (TPSA) is 110 Å². The summed E-state index contributed by atoms with van der Waals surface area (Å²) in [7, 11) is 0. The van der Waals surface area contributed by atoms with Gasteiger partial charge in [-0.2, -0.15) is 15.2 Å². The Morgan fingerprint density at radius 2 is 2.09 bits per heavy atom. The molecule has 3 atom stereocenters. The molecule has 2 bridgehead atoms. The van der Waals surface area contributed by atoms with Crippen molar-refractivity contribution in [3.63, 3.8) is 0 Å². The molecule has 1 aromatic carbocycles.